The summed E-state index contributed by atoms with van der Waals surface area (Å²) in [6.07, 6.45) is 3.23. The maximum absolute atomic E-state index is 5.57. The van der Waals surface area contributed by atoms with Crippen LogP contribution >= 0.6 is 0 Å². The van der Waals surface area contributed by atoms with Crippen LogP contribution in [0.5, 0.6) is 0 Å². The summed E-state index contributed by atoms with van der Waals surface area (Å²) in [7, 11) is 0. The lowest BCUT2D eigenvalue weighted by Gasteiger charge is -2.22. The van der Waals surface area contributed by atoms with Gasteiger partial charge in [-0.1, -0.05) is 13.0 Å². The summed E-state index contributed by atoms with van der Waals surface area (Å²) in [4.78, 5) is 4.60. The first kappa shape index (κ1) is 12.4. The summed E-state index contributed by atoms with van der Waals surface area (Å²) in [5.41, 5.74) is 2.70. The zero-order chi connectivity index (χ0) is 13.1. The van der Waals surface area contributed by atoms with Gasteiger partial charge in [0.25, 0.3) is 0 Å². The van der Waals surface area contributed by atoms with Crippen molar-refractivity contribution in [1.29, 1.82) is 0 Å². The quantitative estimate of drug-likeness (QED) is 0.848. The molecular weight excluding hydrogens is 242 g/mol. The van der Waals surface area contributed by atoms with E-state index >= 15 is 0 Å². The zero-order valence-electron chi connectivity index (χ0n) is 11.0. The van der Waals surface area contributed by atoms with Crippen molar-refractivity contribution >= 4 is 0 Å². The highest BCUT2D eigenvalue weighted by Gasteiger charge is 2.18. The topological polar surface area (TPSA) is 44.5 Å². The molecule has 0 bridgehead atoms. The molecule has 2 aromatic heterocycles. The minimum absolute atomic E-state index is 0.341. The zero-order valence-corrected chi connectivity index (χ0v) is 11.0. The van der Waals surface area contributed by atoms with E-state index in [2.05, 4.69) is 11.9 Å². The molecule has 0 atom stereocenters. The monoisotopic (exact) mass is 259 g/mol. The lowest BCUT2D eigenvalue weighted by atomic mass is 10.2. The van der Waals surface area contributed by atoms with Gasteiger partial charge in [-0.2, -0.15) is 0 Å². The molecule has 1 fully saturated rings. The minimum atomic E-state index is -0.341. The van der Waals surface area contributed by atoms with Crippen molar-refractivity contribution < 1.29 is 13.9 Å². The fourth-order valence-electron chi connectivity index (χ4n) is 2.10. The van der Waals surface area contributed by atoms with Gasteiger partial charge in [-0.15, -0.1) is 0 Å². The van der Waals surface area contributed by atoms with Gasteiger partial charge in [-0.25, -0.2) is 4.98 Å². The molecular formula is C15H17NO3. The predicted octanol–water partition coefficient (Wildman–Crippen LogP) is 3.34. The largest absolute Gasteiger partial charge is 0.469 e. The number of nitrogens with zero attached hydrogens (tertiary/aromatic N) is 1. The number of hydrogen-bond donors (Lipinski definition) is 0. The Morgan fingerprint density at radius 1 is 1.26 bits per heavy atom. The Hall–Kier alpha value is -1.65. The second-order valence-corrected chi connectivity index (χ2v) is 4.53. The molecule has 0 radical (unpaired) electrons. The average molecular weight is 259 g/mol. The van der Waals surface area contributed by atoms with E-state index in [1.807, 2.05) is 24.3 Å². The molecule has 100 valence electrons. The number of rotatable bonds is 3. The van der Waals surface area contributed by atoms with E-state index in [1.165, 1.54) is 0 Å². The van der Waals surface area contributed by atoms with Gasteiger partial charge in [0.2, 0.25) is 6.29 Å². The van der Waals surface area contributed by atoms with Crippen LogP contribution in [0.3, 0.4) is 0 Å². The van der Waals surface area contributed by atoms with Crippen LogP contribution < -0.4 is 0 Å². The summed E-state index contributed by atoms with van der Waals surface area (Å²) >= 11 is 0. The van der Waals surface area contributed by atoms with Crippen molar-refractivity contribution in [3.8, 4) is 11.3 Å². The Morgan fingerprint density at radius 2 is 2.11 bits per heavy atom. The van der Waals surface area contributed by atoms with Crippen molar-refractivity contribution in [1.82, 2.24) is 4.98 Å². The molecule has 0 unspecified atom stereocenters. The minimum Gasteiger partial charge on any atom is -0.469 e. The normalized spacial score (nSPS) is 16.7. The molecule has 19 heavy (non-hydrogen) atoms. The molecule has 0 aliphatic carbocycles. The third-order valence-electron chi connectivity index (χ3n) is 3.14. The molecule has 4 nitrogen and oxygen atoms in total. The van der Waals surface area contributed by atoms with E-state index in [9.17, 15) is 0 Å². The summed E-state index contributed by atoms with van der Waals surface area (Å²) in [5.74, 6) is 0.965. The fraction of sp³-hybridized carbons (Fsp3) is 0.400. The smallest absolute Gasteiger partial charge is 0.201 e. The highest BCUT2D eigenvalue weighted by molar-refractivity contribution is 5.58. The third-order valence-corrected chi connectivity index (χ3v) is 3.14. The van der Waals surface area contributed by atoms with Crippen LogP contribution in [0, 0.1) is 0 Å². The Labute approximate surface area is 112 Å². The molecule has 2 aromatic rings. The Kier molecular flexibility index (Phi) is 3.62. The Morgan fingerprint density at radius 3 is 2.84 bits per heavy atom. The van der Waals surface area contributed by atoms with Gasteiger partial charge in [-0.3, -0.25) is 0 Å². The van der Waals surface area contributed by atoms with Gasteiger partial charge >= 0.3 is 0 Å². The van der Waals surface area contributed by atoms with Gasteiger partial charge in [0, 0.05) is 12.0 Å². The van der Waals surface area contributed by atoms with Crippen molar-refractivity contribution in [3.63, 3.8) is 0 Å². The van der Waals surface area contributed by atoms with Crippen LogP contribution in [0.25, 0.3) is 11.3 Å². The lowest BCUT2D eigenvalue weighted by Crippen LogP contribution is -2.18. The van der Waals surface area contributed by atoms with Crippen LogP contribution in [-0.2, 0) is 15.9 Å². The van der Waals surface area contributed by atoms with Crippen LogP contribution in [0.4, 0.5) is 0 Å². The third kappa shape index (κ3) is 2.69. The van der Waals surface area contributed by atoms with E-state index in [4.69, 9.17) is 13.9 Å². The summed E-state index contributed by atoms with van der Waals surface area (Å²) in [5, 5.41) is 0. The van der Waals surface area contributed by atoms with Crippen LogP contribution in [0.15, 0.2) is 34.9 Å². The lowest BCUT2D eigenvalue weighted by molar-refractivity contribution is -0.185. The summed E-state index contributed by atoms with van der Waals surface area (Å²) in [6.45, 7) is 3.51. The Bertz CT molecular complexity index is 544. The van der Waals surface area contributed by atoms with Crippen molar-refractivity contribution in [2.24, 2.45) is 0 Å². The van der Waals surface area contributed by atoms with Crippen molar-refractivity contribution in [2.45, 2.75) is 26.1 Å². The first-order valence-corrected chi connectivity index (χ1v) is 6.65. The molecule has 1 saturated heterocycles. The number of hydrogen-bond acceptors (Lipinski definition) is 4. The predicted molar refractivity (Wildman–Crippen MR) is 70.6 cm³/mol. The second kappa shape index (κ2) is 5.55. The van der Waals surface area contributed by atoms with Crippen LogP contribution in [0.1, 0.15) is 31.1 Å². The number of ether oxygens (including phenoxy) is 2. The Balaban J connectivity index is 1.86. The van der Waals surface area contributed by atoms with E-state index in [-0.39, 0.29) is 6.29 Å². The van der Waals surface area contributed by atoms with E-state index in [0.29, 0.717) is 0 Å². The highest BCUT2D eigenvalue weighted by Crippen LogP contribution is 2.25. The van der Waals surface area contributed by atoms with E-state index < -0.39 is 0 Å². The van der Waals surface area contributed by atoms with Crippen LogP contribution in [-0.4, -0.2) is 18.2 Å². The SMILES string of the molecule is CCc1cc(-c2cccc(C3OCCCO3)n2)co1. The number of aryl methyl sites for hydroxylation is 1. The highest BCUT2D eigenvalue weighted by atomic mass is 16.7. The molecule has 1 aliphatic rings. The molecule has 3 heterocycles. The molecule has 0 spiro atoms. The van der Waals surface area contributed by atoms with Crippen molar-refractivity contribution in [2.75, 3.05) is 13.2 Å². The number of pyridine rings is 1. The standard InChI is InChI=1S/C15H17NO3/c1-2-12-9-11(10-19-12)13-5-3-6-14(16-13)15-17-7-4-8-18-15/h3,5-6,9-10,15H,2,4,7-8H2,1H3. The van der Waals surface area contributed by atoms with E-state index in [0.717, 1.165) is 48.8 Å². The molecule has 0 amide bonds. The molecule has 0 N–H and O–H groups in total. The van der Waals surface area contributed by atoms with Gasteiger partial charge in [0.1, 0.15) is 12.0 Å². The first-order valence-electron chi connectivity index (χ1n) is 6.65. The van der Waals surface area contributed by atoms with Gasteiger partial charge < -0.3 is 13.9 Å². The fourth-order valence-corrected chi connectivity index (χ4v) is 2.10. The molecule has 4 heteroatoms. The van der Waals surface area contributed by atoms with E-state index in [1.54, 1.807) is 6.26 Å². The first-order chi connectivity index (χ1) is 9.36. The maximum Gasteiger partial charge on any atom is 0.201 e. The molecule has 0 aromatic carbocycles. The second-order valence-electron chi connectivity index (χ2n) is 4.53. The van der Waals surface area contributed by atoms with Crippen molar-refractivity contribution in [3.05, 3.63) is 42.0 Å². The maximum atomic E-state index is 5.57. The molecule has 1 aliphatic heterocycles. The number of furan rings is 1. The summed E-state index contributed by atoms with van der Waals surface area (Å²) in [6, 6.07) is 7.89. The average Bonchev–Trinajstić information content (AvgIpc) is 2.97. The molecule has 0 saturated carbocycles. The summed E-state index contributed by atoms with van der Waals surface area (Å²) < 4.78 is 16.6. The van der Waals surface area contributed by atoms with Crippen LogP contribution in [0.2, 0.25) is 0 Å². The molecule has 3 rings (SSSR count). The van der Waals surface area contributed by atoms with Gasteiger partial charge in [0.15, 0.2) is 0 Å². The number of aromatic nitrogens is 1. The van der Waals surface area contributed by atoms with Gasteiger partial charge in [-0.05, 0) is 24.6 Å². The van der Waals surface area contributed by atoms with Gasteiger partial charge in [0.05, 0.1) is 24.6 Å².